The first-order valence-corrected chi connectivity index (χ1v) is 5.66. The number of aryl methyl sites for hydroxylation is 1. The second-order valence-electron chi connectivity index (χ2n) is 4.21. The van der Waals surface area contributed by atoms with Crippen molar-refractivity contribution in [2.75, 3.05) is 5.73 Å². The van der Waals surface area contributed by atoms with Gasteiger partial charge in [-0.25, -0.2) is 9.37 Å². The highest BCUT2D eigenvalue weighted by atomic mass is 19.1. The number of nitrogens with zero attached hydrogens (tertiary/aromatic N) is 2. The quantitative estimate of drug-likeness (QED) is 0.711. The molecular weight excluding hydrogens is 229 g/mol. The molecule has 1 aromatic carbocycles. The molecule has 0 saturated heterocycles. The number of benzene rings is 1. The molecule has 4 heteroatoms. The van der Waals surface area contributed by atoms with Gasteiger partial charge in [0, 0.05) is 17.4 Å². The van der Waals surface area contributed by atoms with Crippen molar-refractivity contribution in [3.8, 4) is 11.3 Å². The molecule has 3 nitrogen and oxygen atoms in total. The first-order chi connectivity index (χ1) is 8.66. The highest BCUT2D eigenvalue weighted by Crippen LogP contribution is 2.27. The number of hydrogen-bond acceptors (Lipinski definition) is 2. The molecule has 0 amide bonds. The zero-order chi connectivity index (χ0) is 12.7. The van der Waals surface area contributed by atoms with Crippen LogP contribution in [0.2, 0.25) is 0 Å². The van der Waals surface area contributed by atoms with Crippen LogP contribution in [0, 0.1) is 12.7 Å². The maximum atomic E-state index is 13.8. The van der Waals surface area contributed by atoms with E-state index >= 15 is 0 Å². The summed E-state index contributed by atoms with van der Waals surface area (Å²) in [4.78, 5) is 4.43. The Bertz CT molecular complexity index is 731. The summed E-state index contributed by atoms with van der Waals surface area (Å²) in [6.45, 7) is 1.87. The molecule has 2 aromatic heterocycles. The van der Waals surface area contributed by atoms with Gasteiger partial charge in [-0.15, -0.1) is 0 Å². The highest BCUT2D eigenvalue weighted by Gasteiger charge is 2.13. The molecule has 0 aliphatic carbocycles. The average Bonchev–Trinajstić information content (AvgIpc) is 2.67. The Kier molecular flexibility index (Phi) is 2.30. The van der Waals surface area contributed by atoms with Crippen molar-refractivity contribution in [2.45, 2.75) is 6.92 Å². The molecule has 0 unspecified atom stereocenters. The summed E-state index contributed by atoms with van der Waals surface area (Å²) in [5, 5.41) is 0. The molecule has 3 aromatic rings. The molecule has 90 valence electrons. The van der Waals surface area contributed by atoms with Crippen LogP contribution in [-0.4, -0.2) is 9.38 Å². The van der Waals surface area contributed by atoms with E-state index < -0.39 is 0 Å². The maximum Gasteiger partial charge on any atom is 0.132 e. The Morgan fingerprint density at radius 2 is 1.94 bits per heavy atom. The summed E-state index contributed by atoms with van der Waals surface area (Å²) < 4.78 is 15.7. The molecule has 0 fully saturated rings. The highest BCUT2D eigenvalue weighted by molar-refractivity contribution is 5.78. The number of halogens is 1. The Balaban J connectivity index is 2.34. The van der Waals surface area contributed by atoms with E-state index in [4.69, 9.17) is 5.73 Å². The zero-order valence-electron chi connectivity index (χ0n) is 9.89. The van der Waals surface area contributed by atoms with Crippen molar-refractivity contribution in [2.24, 2.45) is 0 Å². The first kappa shape index (κ1) is 10.8. The van der Waals surface area contributed by atoms with Gasteiger partial charge in [0.15, 0.2) is 0 Å². The average molecular weight is 241 g/mol. The SMILES string of the molecule is Cc1nc(-c2ccccc2F)c2ccc(N)cn12. The third-order valence-electron chi connectivity index (χ3n) is 2.97. The standard InChI is InChI=1S/C14H12FN3/c1-9-17-14(11-4-2-3-5-12(11)15)13-7-6-10(16)8-18(9)13/h2-8H,16H2,1H3. The topological polar surface area (TPSA) is 43.3 Å². The fourth-order valence-electron chi connectivity index (χ4n) is 2.10. The van der Waals surface area contributed by atoms with Crippen LogP contribution in [0.1, 0.15) is 5.82 Å². The summed E-state index contributed by atoms with van der Waals surface area (Å²) in [6, 6.07) is 10.3. The van der Waals surface area contributed by atoms with Crippen molar-refractivity contribution in [1.82, 2.24) is 9.38 Å². The summed E-state index contributed by atoms with van der Waals surface area (Å²) in [7, 11) is 0. The van der Waals surface area contributed by atoms with Gasteiger partial charge in [0.2, 0.25) is 0 Å². The number of pyridine rings is 1. The molecule has 0 saturated carbocycles. The fourth-order valence-corrected chi connectivity index (χ4v) is 2.10. The lowest BCUT2D eigenvalue weighted by molar-refractivity contribution is 0.631. The van der Waals surface area contributed by atoms with E-state index in [1.54, 1.807) is 30.5 Å². The Labute approximate surface area is 104 Å². The monoisotopic (exact) mass is 241 g/mol. The van der Waals surface area contributed by atoms with Crippen molar-refractivity contribution < 1.29 is 4.39 Å². The van der Waals surface area contributed by atoms with Crippen LogP contribution >= 0.6 is 0 Å². The second-order valence-corrected chi connectivity index (χ2v) is 4.21. The van der Waals surface area contributed by atoms with Crippen LogP contribution in [0.4, 0.5) is 10.1 Å². The number of fused-ring (bicyclic) bond motifs is 1. The third kappa shape index (κ3) is 1.54. The molecule has 0 aliphatic heterocycles. The number of nitrogens with two attached hydrogens (primary N) is 1. The molecule has 0 spiro atoms. The largest absolute Gasteiger partial charge is 0.398 e. The minimum absolute atomic E-state index is 0.269. The predicted octanol–water partition coefficient (Wildman–Crippen LogP) is 3.03. The number of imidazole rings is 1. The summed E-state index contributed by atoms with van der Waals surface area (Å²) in [5.74, 6) is 0.518. The molecule has 18 heavy (non-hydrogen) atoms. The maximum absolute atomic E-state index is 13.8. The molecule has 0 atom stereocenters. The van der Waals surface area contributed by atoms with Gasteiger partial charge in [-0.1, -0.05) is 12.1 Å². The molecule has 0 bridgehead atoms. The van der Waals surface area contributed by atoms with Gasteiger partial charge in [-0.05, 0) is 31.2 Å². The predicted molar refractivity (Wildman–Crippen MR) is 69.7 cm³/mol. The van der Waals surface area contributed by atoms with Crippen molar-refractivity contribution >= 4 is 11.2 Å². The smallest absolute Gasteiger partial charge is 0.132 e. The van der Waals surface area contributed by atoms with Gasteiger partial charge in [0.1, 0.15) is 11.6 Å². The van der Waals surface area contributed by atoms with Crippen LogP contribution in [-0.2, 0) is 0 Å². The molecule has 2 heterocycles. The van der Waals surface area contributed by atoms with E-state index in [0.29, 0.717) is 16.9 Å². The fraction of sp³-hybridized carbons (Fsp3) is 0.0714. The first-order valence-electron chi connectivity index (χ1n) is 5.66. The minimum atomic E-state index is -0.269. The van der Waals surface area contributed by atoms with E-state index in [1.807, 2.05) is 17.4 Å². The Hall–Kier alpha value is -2.36. The van der Waals surface area contributed by atoms with Crippen LogP contribution in [0.5, 0.6) is 0 Å². The number of rotatable bonds is 1. The second kappa shape index (κ2) is 3.84. The van der Waals surface area contributed by atoms with Gasteiger partial charge in [-0.3, -0.25) is 0 Å². The van der Waals surface area contributed by atoms with E-state index in [2.05, 4.69) is 4.98 Å². The Morgan fingerprint density at radius 1 is 1.17 bits per heavy atom. The van der Waals surface area contributed by atoms with Gasteiger partial charge in [0.05, 0.1) is 11.2 Å². The normalized spacial score (nSPS) is 11.0. The van der Waals surface area contributed by atoms with Crippen LogP contribution in [0.3, 0.4) is 0 Å². The summed E-state index contributed by atoms with van der Waals surface area (Å²) in [5.41, 5.74) is 8.41. The lowest BCUT2D eigenvalue weighted by Gasteiger charge is -2.01. The van der Waals surface area contributed by atoms with Crippen molar-refractivity contribution in [3.05, 3.63) is 54.2 Å². The van der Waals surface area contributed by atoms with Gasteiger partial charge in [-0.2, -0.15) is 0 Å². The van der Waals surface area contributed by atoms with Gasteiger partial charge < -0.3 is 10.1 Å². The number of nitrogen functional groups attached to an aromatic ring is 1. The lowest BCUT2D eigenvalue weighted by Crippen LogP contribution is -1.91. The Morgan fingerprint density at radius 3 is 2.72 bits per heavy atom. The van der Waals surface area contributed by atoms with Crippen LogP contribution in [0.15, 0.2) is 42.6 Å². The zero-order valence-corrected chi connectivity index (χ0v) is 9.89. The lowest BCUT2D eigenvalue weighted by atomic mass is 10.1. The summed E-state index contributed by atoms with van der Waals surface area (Å²) in [6.07, 6.45) is 1.79. The molecular formula is C14H12FN3. The molecule has 3 rings (SSSR count). The van der Waals surface area contributed by atoms with Gasteiger partial charge in [0.25, 0.3) is 0 Å². The number of aromatic nitrogens is 2. The van der Waals surface area contributed by atoms with Crippen molar-refractivity contribution in [3.63, 3.8) is 0 Å². The van der Waals surface area contributed by atoms with Crippen molar-refractivity contribution in [1.29, 1.82) is 0 Å². The van der Waals surface area contributed by atoms with Crippen LogP contribution < -0.4 is 5.73 Å². The van der Waals surface area contributed by atoms with E-state index in [1.165, 1.54) is 6.07 Å². The third-order valence-corrected chi connectivity index (χ3v) is 2.97. The number of hydrogen-bond donors (Lipinski definition) is 1. The van der Waals surface area contributed by atoms with E-state index in [-0.39, 0.29) is 5.82 Å². The minimum Gasteiger partial charge on any atom is -0.398 e. The molecule has 0 aliphatic rings. The van der Waals surface area contributed by atoms with E-state index in [0.717, 1.165) is 11.3 Å². The van der Waals surface area contributed by atoms with Gasteiger partial charge >= 0.3 is 0 Å². The van der Waals surface area contributed by atoms with Crippen LogP contribution in [0.25, 0.3) is 16.8 Å². The number of anilines is 1. The molecule has 0 radical (unpaired) electrons. The molecule has 2 N–H and O–H groups in total. The van der Waals surface area contributed by atoms with E-state index in [9.17, 15) is 4.39 Å². The summed E-state index contributed by atoms with van der Waals surface area (Å²) >= 11 is 0.